The Morgan fingerprint density at radius 1 is 1.47 bits per heavy atom. The van der Waals surface area contributed by atoms with E-state index in [0.717, 1.165) is 34.2 Å². The smallest absolute Gasteiger partial charge is 0.103 e. The fourth-order valence-corrected chi connectivity index (χ4v) is 3.28. The van der Waals surface area contributed by atoms with Gasteiger partial charge in [0.15, 0.2) is 0 Å². The Morgan fingerprint density at radius 2 is 2.13 bits per heavy atom. The maximum absolute atomic E-state index is 10.0. The van der Waals surface area contributed by atoms with Gasteiger partial charge in [-0.25, -0.2) is 4.98 Å². The van der Waals surface area contributed by atoms with Gasteiger partial charge in [0.1, 0.15) is 5.01 Å². The van der Waals surface area contributed by atoms with Crippen LogP contribution in [0.1, 0.15) is 42.8 Å². The molecule has 0 spiro atoms. The molecule has 0 aromatic carbocycles. The van der Waals surface area contributed by atoms with Crippen molar-refractivity contribution in [2.45, 2.75) is 45.0 Å². The third-order valence-corrected chi connectivity index (χ3v) is 4.21. The van der Waals surface area contributed by atoms with E-state index < -0.39 is 5.60 Å². The normalized spacial score (nSPS) is 12.1. The molecule has 1 heterocycles. The van der Waals surface area contributed by atoms with Crippen LogP contribution in [-0.4, -0.2) is 16.3 Å². The Hall–Kier alpha value is -0.0600. The molecule has 15 heavy (non-hydrogen) atoms. The summed E-state index contributed by atoms with van der Waals surface area (Å²) in [6, 6.07) is 0. The van der Waals surface area contributed by atoms with Crippen LogP contribution in [0.3, 0.4) is 0 Å². The molecular formula is C11H19NOS2. The molecule has 0 unspecified atom stereocenters. The zero-order valence-electron chi connectivity index (χ0n) is 9.83. The van der Waals surface area contributed by atoms with Gasteiger partial charge >= 0.3 is 0 Å². The van der Waals surface area contributed by atoms with Crippen LogP contribution >= 0.6 is 23.1 Å². The summed E-state index contributed by atoms with van der Waals surface area (Å²) in [7, 11) is 0. The van der Waals surface area contributed by atoms with E-state index in [2.05, 4.69) is 18.2 Å². The number of nitrogens with zero attached hydrogens (tertiary/aromatic N) is 1. The second-order valence-electron chi connectivity index (χ2n) is 4.13. The van der Waals surface area contributed by atoms with E-state index in [0.29, 0.717) is 0 Å². The third-order valence-electron chi connectivity index (χ3n) is 2.05. The molecule has 0 fully saturated rings. The van der Waals surface area contributed by atoms with Gasteiger partial charge < -0.3 is 5.11 Å². The van der Waals surface area contributed by atoms with Crippen molar-refractivity contribution in [3.05, 3.63) is 15.6 Å². The first-order valence-electron chi connectivity index (χ1n) is 5.19. The molecule has 0 aliphatic carbocycles. The van der Waals surface area contributed by atoms with E-state index >= 15 is 0 Å². The van der Waals surface area contributed by atoms with Crippen LogP contribution in [0.2, 0.25) is 0 Å². The molecule has 0 bridgehead atoms. The molecule has 86 valence electrons. The summed E-state index contributed by atoms with van der Waals surface area (Å²) >= 11 is 3.42. The maximum atomic E-state index is 10.0. The largest absolute Gasteiger partial charge is 0.385 e. The van der Waals surface area contributed by atoms with Crippen molar-refractivity contribution in [3.63, 3.8) is 0 Å². The molecule has 0 aliphatic rings. The lowest BCUT2D eigenvalue weighted by molar-refractivity contribution is 0.0813. The number of hydrogen-bond acceptors (Lipinski definition) is 4. The van der Waals surface area contributed by atoms with Gasteiger partial charge in [0, 0.05) is 5.75 Å². The van der Waals surface area contributed by atoms with Gasteiger partial charge in [-0.2, -0.15) is 11.8 Å². The highest BCUT2D eigenvalue weighted by atomic mass is 32.2. The van der Waals surface area contributed by atoms with Crippen LogP contribution in [-0.2, 0) is 17.8 Å². The van der Waals surface area contributed by atoms with Gasteiger partial charge in [-0.3, -0.25) is 0 Å². The van der Waals surface area contributed by atoms with Crippen molar-refractivity contribution >= 4 is 23.1 Å². The van der Waals surface area contributed by atoms with Gasteiger partial charge in [-0.1, -0.05) is 13.3 Å². The summed E-state index contributed by atoms with van der Waals surface area (Å²) in [6.45, 7) is 5.81. The van der Waals surface area contributed by atoms with Crippen LogP contribution in [0.15, 0.2) is 0 Å². The first-order valence-corrected chi connectivity index (χ1v) is 7.40. The van der Waals surface area contributed by atoms with E-state index in [-0.39, 0.29) is 0 Å². The van der Waals surface area contributed by atoms with Crippen molar-refractivity contribution in [2.24, 2.45) is 0 Å². The summed E-state index contributed by atoms with van der Waals surface area (Å²) in [5.41, 5.74) is 0.331. The van der Waals surface area contributed by atoms with Crippen LogP contribution in [0.4, 0.5) is 0 Å². The SMILES string of the molecule is CCCc1nc(CSC)sc1C(C)(C)O. The number of aryl methyl sites for hydroxylation is 1. The van der Waals surface area contributed by atoms with Crippen LogP contribution in [0.5, 0.6) is 0 Å². The number of hydrogen-bond donors (Lipinski definition) is 1. The Balaban J connectivity index is 3.00. The van der Waals surface area contributed by atoms with Crippen LogP contribution in [0.25, 0.3) is 0 Å². The summed E-state index contributed by atoms with van der Waals surface area (Å²) in [4.78, 5) is 5.63. The van der Waals surface area contributed by atoms with Gasteiger partial charge in [0.25, 0.3) is 0 Å². The highest BCUT2D eigenvalue weighted by Crippen LogP contribution is 2.31. The van der Waals surface area contributed by atoms with Crippen LogP contribution < -0.4 is 0 Å². The number of aliphatic hydroxyl groups is 1. The predicted molar refractivity (Wildman–Crippen MR) is 68.6 cm³/mol. The molecular weight excluding hydrogens is 226 g/mol. The second kappa shape index (κ2) is 5.32. The average molecular weight is 245 g/mol. The molecule has 1 N–H and O–H groups in total. The third kappa shape index (κ3) is 3.47. The van der Waals surface area contributed by atoms with Gasteiger partial charge in [-0.05, 0) is 26.5 Å². The lowest BCUT2D eigenvalue weighted by Crippen LogP contribution is -2.15. The maximum Gasteiger partial charge on any atom is 0.103 e. The average Bonchev–Trinajstić information content (AvgIpc) is 2.49. The van der Waals surface area contributed by atoms with E-state index in [9.17, 15) is 5.11 Å². The molecule has 1 aromatic rings. The molecule has 0 aliphatic heterocycles. The Bertz CT molecular complexity index is 315. The summed E-state index contributed by atoms with van der Waals surface area (Å²) < 4.78 is 0. The number of rotatable bonds is 5. The molecule has 2 nitrogen and oxygen atoms in total. The van der Waals surface area contributed by atoms with E-state index in [4.69, 9.17) is 0 Å². The summed E-state index contributed by atoms with van der Waals surface area (Å²) in [5, 5.41) is 11.2. The molecule has 1 aromatic heterocycles. The topological polar surface area (TPSA) is 33.1 Å². The fraction of sp³-hybridized carbons (Fsp3) is 0.727. The molecule has 0 atom stereocenters. The lowest BCUT2D eigenvalue weighted by Gasteiger charge is -2.16. The van der Waals surface area contributed by atoms with Gasteiger partial charge in [-0.15, -0.1) is 11.3 Å². The Kier molecular flexibility index (Phi) is 4.62. The Morgan fingerprint density at radius 3 is 2.60 bits per heavy atom. The van der Waals surface area contributed by atoms with Crippen molar-refractivity contribution in [1.29, 1.82) is 0 Å². The standard InChI is InChI=1S/C11H19NOS2/c1-5-6-8-10(11(2,3)13)15-9(12-8)7-14-4/h13H,5-7H2,1-4H3. The zero-order valence-corrected chi connectivity index (χ0v) is 11.5. The number of aromatic nitrogens is 1. The first kappa shape index (κ1) is 13.0. The molecule has 1 rings (SSSR count). The predicted octanol–water partition coefficient (Wildman–Crippen LogP) is 3.19. The quantitative estimate of drug-likeness (QED) is 0.865. The first-order chi connectivity index (χ1) is 6.99. The molecule has 0 amide bonds. The van der Waals surface area contributed by atoms with E-state index in [1.165, 1.54) is 0 Å². The van der Waals surface area contributed by atoms with Crippen molar-refractivity contribution in [2.75, 3.05) is 6.26 Å². The monoisotopic (exact) mass is 245 g/mol. The van der Waals surface area contributed by atoms with Crippen molar-refractivity contribution in [1.82, 2.24) is 4.98 Å². The highest BCUT2D eigenvalue weighted by molar-refractivity contribution is 7.97. The van der Waals surface area contributed by atoms with Gasteiger partial charge in [0.05, 0.1) is 16.2 Å². The molecule has 0 saturated carbocycles. The number of thioether (sulfide) groups is 1. The molecule has 0 radical (unpaired) electrons. The molecule has 4 heteroatoms. The van der Waals surface area contributed by atoms with Crippen LogP contribution in [0, 0.1) is 0 Å². The summed E-state index contributed by atoms with van der Waals surface area (Å²) in [5.74, 6) is 0.942. The van der Waals surface area contributed by atoms with E-state index in [1.54, 1.807) is 23.1 Å². The lowest BCUT2D eigenvalue weighted by atomic mass is 10.0. The fourth-order valence-electron chi connectivity index (χ4n) is 1.47. The minimum Gasteiger partial charge on any atom is -0.385 e. The second-order valence-corrected chi connectivity index (χ2v) is 6.08. The molecule has 0 saturated heterocycles. The minimum atomic E-state index is -0.751. The zero-order chi connectivity index (χ0) is 11.5. The number of thiazole rings is 1. The van der Waals surface area contributed by atoms with Crippen molar-refractivity contribution < 1.29 is 5.11 Å². The van der Waals surface area contributed by atoms with E-state index in [1.807, 2.05) is 13.8 Å². The van der Waals surface area contributed by atoms with Gasteiger partial charge in [0.2, 0.25) is 0 Å². The highest BCUT2D eigenvalue weighted by Gasteiger charge is 2.24. The Labute approximate surface area is 100 Å². The van der Waals surface area contributed by atoms with Crippen molar-refractivity contribution in [3.8, 4) is 0 Å². The minimum absolute atomic E-state index is 0.751. The summed E-state index contributed by atoms with van der Waals surface area (Å²) in [6.07, 6.45) is 4.11.